The molecule has 0 atom stereocenters. The third-order valence-electron chi connectivity index (χ3n) is 5.48. The van der Waals surface area contributed by atoms with Gasteiger partial charge in [0.2, 0.25) is 0 Å². The summed E-state index contributed by atoms with van der Waals surface area (Å²) in [6.07, 6.45) is 0.766. The second kappa shape index (κ2) is 10.3. The number of hydrogen-bond acceptors (Lipinski definition) is 3. The van der Waals surface area contributed by atoms with Gasteiger partial charge in [0.1, 0.15) is 0 Å². The lowest BCUT2D eigenvalue weighted by Crippen LogP contribution is -3.11. The van der Waals surface area contributed by atoms with Crippen LogP contribution in [0.3, 0.4) is 0 Å². The van der Waals surface area contributed by atoms with E-state index in [0.717, 1.165) is 26.1 Å². The lowest BCUT2D eigenvalue weighted by atomic mass is 10.1. The first-order valence-electron chi connectivity index (χ1n) is 10.5. The summed E-state index contributed by atoms with van der Waals surface area (Å²) in [5.41, 5.74) is 2.15. The maximum Gasteiger partial charge on any atom is 0.262 e. The van der Waals surface area contributed by atoms with Crippen LogP contribution in [0.1, 0.15) is 29.8 Å². The number of H-pyrrole nitrogens is 1. The van der Waals surface area contributed by atoms with Crippen LogP contribution in [0.2, 0.25) is 0 Å². The molecule has 0 aliphatic rings. The van der Waals surface area contributed by atoms with Gasteiger partial charge in [0.15, 0.2) is 4.77 Å². The van der Waals surface area contributed by atoms with Crippen LogP contribution in [0.5, 0.6) is 0 Å². The Morgan fingerprint density at radius 2 is 1.87 bits per heavy atom. The molecule has 0 saturated heterocycles. The molecule has 1 amide bonds. The van der Waals surface area contributed by atoms with E-state index in [1.165, 1.54) is 10.5 Å². The third kappa shape index (κ3) is 5.23. The monoisotopic (exact) mass is 425 g/mol. The highest BCUT2D eigenvalue weighted by molar-refractivity contribution is 7.71. The molecule has 3 aromatic rings. The summed E-state index contributed by atoms with van der Waals surface area (Å²) in [5.74, 6) is -0.165. The predicted molar refractivity (Wildman–Crippen MR) is 123 cm³/mol. The molecule has 0 saturated carbocycles. The van der Waals surface area contributed by atoms with Gasteiger partial charge >= 0.3 is 0 Å². The van der Waals surface area contributed by atoms with Gasteiger partial charge in [-0.2, -0.15) is 0 Å². The maximum atomic E-state index is 12.9. The Labute approximate surface area is 181 Å². The SMILES string of the molecule is CC[NH+](CC)CCn1c(=S)[nH]c2cc(C(=O)NCCc3ccccc3)ccc2c1=O. The van der Waals surface area contributed by atoms with E-state index in [1.54, 1.807) is 22.8 Å². The Kier molecular flexibility index (Phi) is 7.54. The number of likely N-dealkylation sites (N-methyl/N-ethyl adjacent to an activating group) is 1. The lowest BCUT2D eigenvalue weighted by Gasteiger charge is -2.16. The molecule has 0 bridgehead atoms. The summed E-state index contributed by atoms with van der Waals surface area (Å²) < 4.78 is 2.00. The lowest BCUT2D eigenvalue weighted by molar-refractivity contribution is -0.897. The molecule has 0 unspecified atom stereocenters. The van der Waals surface area contributed by atoms with Gasteiger partial charge < -0.3 is 15.2 Å². The van der Waals surface area contributed by atoms with Gasteiger partial charge in [-0.3, -0.25) is 14.2 Å². The first-order chi connectivity index (χ1) is 14.5. The number of fused-ring (bicyclic) bond motifs is 1. The fourth-order valence-corrected chi connectivity index (χ4v) is 3.82. The smallest absolute Gasteiger partial charge is 0.262 e. The molecule has 30 heavy (non-hydrogen) atoms. The van der Waals surface area contributed by atoms with Crippen molar-refractivity contribution in [2.24, 2.45) is 0 Å². The second-order valence-corrected chi connectivity index (χ2v) is 7.73. The van der Waals surface area contributed by atoms with Crippen molar-refractivity contribution >= 4 is 29.0 Å². The van der Waals surface area contributed by atoms with Gasteiger partial charge in [-0.1, -0.05) is 30.3 Å². The normalized spacial score (nSPS) is 11.2. The molecule has 0 fully saturated rings. The van der Waals surface area contributed by atoms with Crippen molar-refractivity contribution in [3.63, 3.8) is 0 Å². The Bertz CT molecular complexity index is 1120. The highest BCUT2D eigenvalue weighted by atomic mass is 32.1. The number of nitrogens with one attached hydrogen (secondary N) is 3. The molecular weight excluding hydrogens is 396 g/mol. The molecule has 0 aliphatic carbocycles. The van der Waals surface area contributed by atoms with Crippen LogP contribution in [-0.4, -0.2) is 41.6 Å². The quantitative estimate of drug-likeness (QED) is 0.459. The standard InChI is InChI=1S/C23H28N4O2S/c1-3-26(4-2)14-15-27-22(29)19-11-10-18(16-20(19)25-23(27)30)21(28)24-13-12-17-8-6-5-7-9-17/h5-11,16H,3-4,12-15H2,1-2H3,(H,24,28)(H,25,30)/p+1. The number of amides is 1. The Balaban J connectivity index is 1.74. The first kappa shape index (κ1) is 21.9. The van der Waals surface area contributed by atoms with Crippen molar-refractivity contribution in [2.45, 2.75) is 26.8 Å². The summed E-state index contributed by atoms with van der Waals surface area (Å²) in [4.78, 5) is 30.0. The van der Waals surface area contributed by atoms with Crippen LogP contribution in [0.4, 0.5) is 0 Å². The first-order valence-corrected chi connectivity index (χ1v) is 10.9. The number of carbonyl (C=O) groups excluding carboxylic acids is 1. The molecule has 6 nitrogen and oxygen atoms in total. The maximum absolute atomic E-state index is 12.9. The molecule has 0 aliphatic heterocycles. The van der Waals surface area contributed by atoms with E-state index in [4.69, 9.17) is 12.2 Å². The molecule has 3 rings (SSSR count). The van der Waals surface area contributed by atoms with Gasteiger partial charge in [-0.15, -0.1) is 0 Å². The highest BCUT2D eigenvalue weighted by Gasteiger charge is 2.12. The number of carbonyl (C=O) groups is 1. The fraction of sp³-hybridized carbons (Fsp3) is 0.348. The largest absolute Gasteiger partial charge is 0.352 e. The van der Waals surface area contributed by atoms with Gasteiger partial charge in [0, 0.05) is 12.1 Å². The minimum Gasteiger partial charge on any atom is -0.352 e. The van der Waals surface area contributed by atoms with Crippen LogP contribution < -0.4 is 15.8 Å². The van der Waals surface area contributed by atoms with E-state index in [2.05, 4.69) is 24.1 Å². The summed E-state index contributed by atoms with van der Waals surface area (Å²) in [5, 5.41) is 3.47. The zero-order valence-corrected chi connectivity index (χ0v) is 18.3. The van der Waals surface area contributed by atoms with Gasteiger partial charge in [0.05, 0.1) is 37.1 Å². The van der Waals surface area contributed by atoms with E-state index >= 15 is 0 Å². The molecule has 2 aromatic carbocycles. The number of rotatable bonds is 9. The van der Waals surface area contributed by atoms with Crippen molar-refractivity contribution in [2.75, 3.05) is 26.2 Å². The average Bonchev–Trinajstić information content (AvgIpc) is 2.76. The molecular formula is C23H29N4O2S+. The number of hydrogen-bond donors (Lipinski definition) is 3. The minimum atomic E-state index is -0.165. The molecule has 1 heterocycles. The van der Waals surface area contributed by atoms with E-state index < -0.39 is 0 Å². The summed E-state index contributed by atoms with van der Waals surface area (Å²) in [7, 11) is 0. The number of aromatic amines is 1. The topological polar surface area (TPSA) is 71.3 Å². The summed E-state index contributed by atoms with van der Waals surface area (Å²) in [6, 6.07) is 15.1. The molecule has 0 radical (unpaired) electrons. The van der Waals surface area contributed by atoms with Crippen molar-refractivity contribution in [3.05, 3.63) is 74.8 Å². The van der Waals surface area contributed by atoms with Crippen LogP contribution >= 0.6 is 12.2 Å². The van der Waals surface area contributed by atoms with Crippen molar-refractivity contribution in [3.8, 4) is 0 Å². The molecule has 158 valence electrons. The third-order valence-corrected chi connectivity index (χ3v) is 5.80. The van der Waals surface area contributed by atoms with Crippen LogP contribution in [0, 0.1) is 4.77 Å². The molecule has 7 heteroatoms. The molecule has 3 N–H and O–H groups in total. The van der Waals surface area contributed by atoms with Crippen molar-refractivity contribution < 1.29 is 9.69 Å². The van der Waals surface area contributed by atoms with Crippen LogP contribution in [0.15, 0.2) is 53.3 Å². The zero-order chi connectivity index (χ0) is 21.5. The van der Waals surface area contributed by atoms with Crippen LogP contribution in [-0.2, 0) is 13.0 Å². The van der Waals surface area contributed by atoms with E-state index in [-0.39, 0.29) is 11.5 Å². The van der Waals surface area contributed by atoms with Crippen molar-refractivity contribution in [1.29, 1.82) is 0 Å². The Morgan fingerprint density at radius 1 is 1.13 bits per heavy atom. The minimum absolute atomic E-state index is 0.114. The number of nitrogens with zero attached hydrogens (tertiary/aromatic N) is 1. The van der Waals surface area contributed by atoms with E-state index in [1.807, 2.05) is 30.3 Å². The fourth-order valence-electron chi connectivity index (χ4n) is 3.54. The average molecular weight is 426 g/mol. The van der Waals surface area contributed by atoms with Gasteiger partial charge in [-0.25, -0.2) is 0 Å². The number of benzene rings is 2. The molecule has 0 spiro atoms. The number of quaternary nitrogens is 1. The number of aromatic nitrogens is 2. The summed E-state index contributed by atoms with van der Waals surface area (Å²) in [6.45, 7) is 8.26. The summed E-state index contributed by atoms with van der Waals surface area (Å²) >= 11 is 5.42. The van der Waals surface area contributed by atoms with Gasteiger partial charge in [0.25, 0.3) is 11.5 Å². The zero-order valence-electron chi connectivity index (χ0n) is 17.5. The van der Waals surface area contributed by atoms with E-state index in [0.29, 0.717) is 34.3 Å². The van der Waals surface area contributed by atoms with Gasteiger partial charge in [-0.05, 0) is 56.2 Å². The predicted octanol–water partition coefficient (Wildman–Crippen LogP) is 1.96. The van der Waals surface area contributed by atoms with Crippen LogP contribution in [0.25, 0.3) is 10.9 Å². The molecule has 1 aromatic heterocycles. The second-order valence-electron chi connectivity index (χ2n) is 7.35. The Hall–Kier alpha value is -2.77. The Morgan fingerprint density at radius 3 is 2.57 bits per heavy atom. The van der Waals surface area contributed by atoms with Crippen molar-refractivity contribution in [1.82, 2.24) is 14.9 Å². The highest BCUT2D eigenvalue weighted by Crippen LogP contribution is 2.11. The van der Waals surface area contributed by atoms with E-state index in [9.17, 15) is 9.59 Å².